The van der Waals surface area contributed by atoms with Crippen LogP contribution in [0.15, 0.2) is 4.99 Å². The highest BCUT2D eigenvalue weighted by Crippen LogP contribution is 2.18. The fourth-order valence-electron chi connectivity index (χ4n) is 1.37. The van der Waals surface area contributed by atoms with E-state index in [0.29, 0.717) is 23.4 Å². The van der Waals surface area contributed by atoms with E-state index in [2.05, 4.69) is 15.6 Å². The van der Waals surface area contributed by atoms with Crippen LogP contribution in [-0.2, 0) is 4.79 Å². The predicted octanol–water partition coefficient (Wildman–Crippen LogP) is 1.34. The molecule has 0 aromatic rings. The van der Waals surface area contributed by atoms with E-state index in [-0.39, 0.29) is 30.5 Å². The third kappa shape index (κ3) is 8.43. The number of nitrogens with zero attached hydrogens (tertiary/aromatic N) is 2. The van der Waals surface area contributed by atoms with E-state index < -0.39 is 18.6 Å². The van der Waals surface area contributed by atoms with Crippen molar-refractivity contribution in [2.75, 3.05) is 26.7 Å². The molecule has 0 radical (unpaired) electrons. The van der Waals surface area contributed by atoms with Crippen molar-refractivity contribution in [1.82, 2.24) is 15.5 Å². The molecule has 0 aromatic heterocycles. The van der Waals surface area contributed by atoms with Gasteiger partial charge in [-0.15, -0.1) is 24.0 Å². The number of carbonyl (C=O) groups excluding carboxylic acids is 1. The van der Waals surface area contributed by atoms with Gasteiger partial charge in [0.2, 0.25) is 5.91 Å². The predicted molar refractivity (Wildman–Crippen MR) is 81.2 cm³/mol. The quantitative estimate of drug-likeness (QED) is 0.410. The Kier molecular flexibility index (Phi) is 8.21. The van der Waals surface area contributed by atoms with Gasteiger partial charge in [0, 0.05) is 19.6 Å². The first-order chi connectivity index (χ1) is 8.81. The maximum atomic E-state index is 12.1. The molecule has 5 nitrogen and oxygen atoms in total. The van der Waals surface area contributed by atoms with E-state index in [4.69, 9.17) is 0 Å². The number of rotatable bonds is 5. The molecule has 0 heterocycles. The minimum absolute atomic E-state index is 0. The van der Waals surface area contributed by atoms with Crippen molar-refractivity contribution < 1.29 is 18.0 Å². The minimum Gasteiger partial charge on any atom is -0.357 e. The zero-order chi connectivity index (χ0) is 14.5. The third-order valence-electron chi connectivity index (χ3n) is 2.48. The second-order valence-corrected chi connectivity index (χ2v) is 4.48. The molecule has 0 bridgehead atoms. The largest absolute Gasteiger partial charge is 0.406 e. The smallest absolute Gasteiger partial charge is 0.357 e. The Morgan fingerprint density at radius 1 is 1.40 bits per heavy atom. The Labute approximate surface area is 133 Å². The number of alkyl halides is 3. The lowest BCUT2D eigenvalue weighted by atomic mass is 10.5. The van der Waals surface area contributed by atoms with E-state index >= 15 is 0 Å². The van der Waals surface area contributed by atoms with Crippen LogP contribution < -0.4 is 10.6 Å². The first-order valence-electron chi connectivity index (χ1n) is 6.17. The average Bonchev–Trinajstić information content (AvgIpc) is 3.07. The Morgan fingerprint density at radius 3 is 2.45 bits per heavy atom. The lowest BCUT2D eigenvalue weighted by Crippen LogP contribution is -2.41. The maximum Gasteiger partial charge on any atom is 0.406 e. The highest BCUT2D eigenvalue weighted by Gasteiger charge is 2.31. The van der Waals surface area contributed by atoms with Crippen LogP contribution in [0.25, 0.3) is 0 Å². The van der Waals surface area contributed by atoms with Gasteiger partial charge in [-0.2, -0.15) is 13.2 Å². The normalized spacial score (nSPS) is 15.3. The van der Waals surface area contributed by atoms with Gasteiger partial charge in [-0.3, -0.25) is 4.79 Å². The van der Waals surface area contributed by atoms with Gasteiger partial charge < -0.3 is 15.5 Å². The Hall–Kier alpha value is -0.740. The van der Waals surface area contributed by atoms with Gasteiger partial charge >= 0.3 is 6.18 Å². The summed E-state index contributed by atoms with van der Waals surface area (Å²) in [6.45, 7) is 0.954. The first-order valence-corrected chi connectivity index (χ1v) is 6.17. The standard InChI is InChI=1S/C11H19F3N4O.HI/c1-3-15-10(17-8-4-5-8)16-6-9(19)18(2)7-11(12,13)14;/h8H,3-7H2,1-2H3,(H2,15,16,17);1H. The van der Waals surface area contributed by atoms with Gasteiger partial charge in [-0.1, -0.05) is 0 Å². The van der Waals surface area contributed by atoms with Crippen molar-refractivity contribution in [3.05, 3.63) is 0 Å². The molecule has 1 aliphatic rings. The number of amides is 1. The molecular weight excluding hydrogens is 388 g/mol. The van der Waals surface area contributed by atoms with Crippen molar-refractivity contribution in [3.63, 3.8) is 0 Å². The number of aliphatic imine (C=N–C) groups is 1. The Morgan fingerprint density at radius 2 is 2.00 bits per heavy atom. The molecule has 1 rings (SSSR count). The van der Waals surface area contributed by atoms with Crippen molar-refractivity contribution in [2.45, 2.75) is 32.0 Å². The van der Waals surface area contributed by atoms with Crippen LogP contribution in [0, 0.1) is 0 Å². The van der Waals surface area contributed by atoms with Crippen LogP contribution in [0.4, 0.5) is 13.2 Å². The summed E-state index contributed by atoms with van der Waals surface area (Å²) < 4.78 is 36.3. The van der Waals surface area contributed by atoms with Crippen molar-refractivity contribution in [1.29, 1.82) is 0 Å². The average molecular weight is 408 g/mol. The Balaban J connectivity index is 0.00000361. The summed E-state index contributed by atoms with van der Waals surface area (Å²) in [6, 6.07) is 0.362. The van der Waals surface area contributed by atoms with E-state index in [9.17, 15) is 18.0 Å². The molecule has 0 unspecified atom stereocenters. The lowest BCUT2D eigenvalue weighted by Gasteiger charge is -2.18. The van der Waals surface area contributed by atoms with Crippen molar-refractivity contribution in [2.24, 2.45) is 4.99 Å². The number of halogens is 4. The summed E-state index contributed by atoms with van der Waals surface area (Å²) in [4.78, 5) is 16.1. The molecule has 0 atom stereocenters. The van der Waals surface area contributed by atoms with Crippen molar-refractivity contribution >= 4 is 35.8 Å². The van der Waals surface area contributed by atoms with Gasteiger partial charge in [0.15, 0.2) is 5.96 Å². The summed E-state index contributed by atoms with van der Waals surface area (Å²) in [5.74, 6) is -0.191. The summed E-state index contributed by atoms with van der Waals surface area (Å²) in [7, 11) is 1.12. The number of carbonyl (C=O) groups is 1. The topological polar surface area (TPSA) is 56.7 Å². The molecule has 20 heavy (non-hydrogen) atoms. The molecule has 0 aliphatic heterocycles. The van der Waals surface area contributed by atoms with Gasteiger partial charge in [0.05, 0.1) is 0 Å². The van der Waals surface area contributed by atoms with Crippen LogP contribution in [-0.4, -0.2) is 55.7 Å². The van der Waals surface area contributed by atoms with Crippen molar-refractivity contribution in [3.8, 4) is 0 Å². The van der Waals surface area contributed by atoms with Crippen LogP contribution in [0.2, 0.25) is 0 Å². The first kappa shape index (κ1) is 19.3. The van der Waals surface area contributed by atoms with Gasteiger partial charge in [-0.05, 0) is 19.8 Å². The summed E-state index contributed by atoms with van der Waals surface area (Å²) in [6.07, 6.45) is -2.29. The fourth-order valence-corrected chi connectivity index (χ4v) is 1.37. The molecule has 1 saturated carbocycles. The number of hydrogen-bond acceptors (Lipinski definition) is 2. The highest BCUT2D eigenvalue weighted by atomic mass is 127. The van der Waals surface area contributed by atoms with Crippen LogP contribution in [0.5, 0.6) is 0 Å². The molecule has 1 amide bonds. The van der Waals surface area contributed by atoms with Gasteiger partial charge in [-0.25, -0.2) is 4.99 Å². The summed E-state index contributed by atoms with van der Waals surface area (Å²) >= 11 is 0. The lowest BCUT2D eigenvalue weighted by molar-refractivity contribution is -0.157. The molecule has 0 aromatic carbocycles. The van der Waals surface area contributed by atoms with Gasteiger partial charge in [0.25, 0.3) is 0 Å². The molecule has 0 saturated heterocycles. The van der Waals surface area contributed by atoms with E-state index in [0.717, 1.165) is 19.9 Å². The number of nitrogens with one attached hydrogen (secondary N) is 2. The molecule has 9 heteroatoms. The molecule has 2 N–H and O–H groups in total. The fraction of sp³-hybridized carbons (Fsp3) is 0.818. The second-order valence-electron chi connectivity index (χ2n) is 4.48. The van der Waals surface area contributed by atoms with Crippen LogP contribution in [0.1, 0.15) is 19.8 Å². The highest BCUT2D eigenvalue weighted by molar-refractivity contribution is 14.0. The summed E-state index contributed by atoms with van der Waals surface area (Å²) in [5, 5.41) is 6.02. The van der Waals surface area contributed by atoms with Crippen LogP contribution >= 0.6 is 24.0 Å². The summed E-state index contributed by atoms with van der Waals surface area (Å²) in [5.41, 5.74) is 0. The molecule has 1 aliphatic carbocycles. The molecule has 0 spiro atoms. The molecule has 118 valence electrons. The number of guanidine groups is 1. The SMILES string of the molecule is CCNC(=NCC(=O)N(C)CC(F)(F)F)NC1CC1.I. The third-order valence-corrected chi connectivity index (χ3v) is 2.48. The maximum absolute atomic E-state index is 12.1. The van der Waals surface area contributed by atoms with Gasteiger partial charge in [0.1, 0.15) is 13.1 Å². The monoisotopic (exact) mass is 408 g/mol. The minimum atomic E-state index is -4.38. The number of hydrogen-bond donors (Lipinski definition) is 2. The second kappa shape index (κ2) is 8.53. The van der Waals surface area contributed by atoms with E-state index in [1.165, 1.54) is 0 Å². The zero-order valence-electron chi connectivity index (χ0n) is 11.5. The number of likely N-dealkylation sites (N-methyl/N-ethyl adjacent to an activating group) is 1. The zero-order valence-corrected chi connectivity index (χ0v) is 13.8. The Bertz CT molecular complexity index is 345. The van der Waals surface area contributed by atoms with Crippen LogP contribution in [0.3, 0.4) is 0 Å². The van der Waals surface area contributed by atoms with E-state index in [1.807, 2.05) is 6.92 Å². The molecular formula is C11H20F3IN4O. The van der Waals surface area contributed by atoms with E-state index in [1.54, 1.807) is 0 Å². The molecule has 1 fully saturated rings.